The minimum atomic E-state index is 0.0498. The third-order valence-electron chi connectivity index (χ3n) is 3.35. The Morgan fingerprint density at radius 1 is 1.47 bits per heavy atom. The lowest BCUT2D eigenvalue weighted by molar-refractivity contribution is -0.117. The van der Waals surface area contributed by atoms with Crippen LogP contribution in [0.1, 0.15) is 19.3 Å². The molecular weight excluding hydrogens is 260 g/mol. The Balaban J connectivity index is 1.91. The Hall–Kier alpha value is -1.36. The first-order valence-corrected chi connectivity index (χ1v) is 7.65. The van der Waals surface area contributed by atoms with Crippen molar-refractivity contribution < 1.29 is 9.53 Å². The van der Waals surface area contributed by atoms with Crippen molar-refractivity contribution in [3.63, 3.8) is 0 Å². The average Bonchev–Trinajstić information content (AvgIpc) is 2.42. The Morgan fingerprint density at radius 2 is 2.21 bits per heavy atom. The van der Waals surface area contributed by atoms with Gasteiger partial charge in [-0.25, -0.2) is 0 Å². The summed E-state index contributed by atoms with van der Waals surface area (Å²) in [6, 6.07) is 5.29. The molecule has 4 nitrogen and oxygen atoms in total. The summed E-state index contributed by atoms with van der Waals surface area (Å²) in [5.41, 5.74) is 7.08. The Bertz CT molecular complexity index is 445. The number of hydrogen-bond acceptors (Lipinski definition) is 4. The van der Waals surface area contributed by atoms with Crippen molar-refractivity contribution >= 4 is 29.0 Å². The third kappa shape index (κ3) is 4.06. The zero-order valence-corrected chi connectivity index (χ0v) is 12.0. The van der Waals surface area contributed by atoms with Gasteiger partial charge in [-0.3, -0.25) is 4.79 Å². The fourth-order valence-electron chi connectivity index (χ4n) is 2.20. The molecule has 0 bridgehead atoms. The highest BCUT2D eigenvalue weighted by Gasteiger charge is 2.17. The van der Waals surface area contributed by atoms with Crippen LogP contribution in [0.4, 0.5) is 11.4 Å². The van der Waals surface area contributed by atoms with E-state index in [1.165, 1.54) is 11.5 Å². The molecule has 0 aromatic heterocycles. The van der Waals surface area contributed by atoms with Crippen molar-refractivity contribution in [2.24, 2.45) is 5.92 Å². The second kappa shape index (κ2) is 6.70. The Kier molecular flexibility index (Phi) is 4.96. The summed E-state index contributed by atoms with van der Waals surface area (Å²) in [5, 5.41) is 2.88. The molecular formula is C14H20N2O2S. The summed E-state index contributed by atoms with van der Waals surface area (Å²) in [5.74, 6) is 3.60. The number of hydrogen-bond donors (Lipinski definition) is 2. The van der Waals surface area contributed by atoms with Gasteiger partial charge in [0.25, 0.3) is 0 Å². The lowest BCUT2D eigenvalue weighted by Gasteiger charge is -2.20. The van der Waals surface area contributed by atoms with E-state index in [0.29, 0.717) is 29.5 Å². The van der Waals surface area contributed by atoms with E-state index in [2.05, 4.69) is 5.32 Å². The predicted octanol–water partition coefficient (Wildman–Crippen LogP) is 2.75. The molecule has 1 amide bonds. The van der Waals surface area contributed by atoms with Gasteiger partial charge in [-0.15, -0.1) is 0 Å². The molecule has 5 heteroatoms. The summed E-state index contributed by atoms with van der Waals surface area (Å²) in [4.78, 5) is 12.0. The first-order chi connectivity index (χ1) is 9.19. The van der Waals surface area contributed by atoms with E-state index in [1.807, 2.05) is 11.8 Å². The average molecular weight is 280 g/mol. The number of nitrogens with one attached hydrogen (secondary N) is 1. The second-order valence-electron chi connectivity index (χ2n) is 4.76. The molecule has 0 saturated carbocycles. The van der Waals surface area contributed by atoms with Crippen LogP contribution in [-0.2, 0) is 4.79 Å². The first kappa shape index (κ1) is 14.1. The van der Waals surface area contributed by atoms with E-state index in [1.54, 1.807) is 25.3 Å². The van der Waals surface area contributed by atoms with Gasteiger partial charge in [0.2, 0.25) is 5.91 Å². The largest absolute Gasteiger partial charge is 0.497 e. The molecule has 1 aliphatic rings. The highest BCUT2D eigenvalue weighted by molar-refractivity contribution is 7.99. The lowest BCUT2D eigenvalue weighted by Crippen LogP contribution is -2.20. The van der Waals surface area contributed by atoms with Gasteiger partial charge in [0.05, 0.1) is 18.5 Å². The van der Waals surface area contributed by atoms with Crippen molar-refractivity contribution in [1.29, 1.82) is 0 Å². The molecule has 0 unspecified atom stereocenters. The Morgan fingerprint density at radius 3 is 2.84 bits per heavy atom. The zero-order valence-electron chi connectivity index (χ0n) is 11.1. The maximum atomic E-state index is 12.0. The lowest BCUT2D eigenvalue weighted by atomic mass is 9.98. The van der Waals surface area contributed by atoms with E-state index in [0.717, 1.165) is 12.8 Å². The minimum Gasteiger partial charge on any atom is -0.497 e. The van der Waals surface area contributed by atoms with Crippen molar-refractivity contribution in [1.82, 2.24) is 0 Å². The summed E-state index contributed by atoms with van der Waals surface area (Å²) in [6.45, 7) is 0. The van der Waals surface area contributed by atoms with E-state index in [9.17, 15) is 4.79 Å². The fourth-order valence-corrected chi connectivity index (χ4v) is 3.40. The van der Waals surface area contributed by atoms with Crippen LogP contribution in [0, 0.1) is 5.92 Å². The SMILES string of the molecule is COc1ccc(NC(=O)CC2CCSCC2)c(N)c1. The van der Waals surface area contributed by atoms with Gasteiger partial charge in [-0.2, -0.15) is 11.8 Å². The van der Waals surface area contributed by atoms with Crippen molar-refractivity contribution in [3.05, 3.63) is 18.2 Å². The number of carbonyl (C=O) groups excluding carboxylic acids is 1. The van der Waals surface area contributed by atoms with E-state index in [4.69, 9.17) is 10.5 Å². The van der Waals surface area contributed by atoms with Crippen LogP contribution in [-0.4, -0.2) is 24.5 Å². The Labute approximate surface area is 118 Å². The van der Waals surface area contributed by atoms with E-state index >= 15 is 0 Å². The number of benzene rings is 1. The van der Waals surface area contributed by atoms with Gasteiger partial charge in [0, 0.05) is 12.5 Å². The predicted molar refractivity (Wildman–Crippen MR) is 80.7 cm³/mol. The molecule has 0 spiro atoms. The molecule has 1 saturated heterocycles. The molecule has 0 aliphatic carbocycles. The quantitative estimate of drug-likeness (QED) is 0.832. The van der Waals surface area contributed by atoms with Crippen molar-refractivity contribution in [3.8, 4) is 5.75 Å². The number of ether oxygens (including phenoxy) is 1. The molecule has 0 radical (unpaired) electrons. The monoisotopic (exact) mass is 280 g/mol. The standard InChI is InChI=1S/C14H20N2O2S/c1-18-11-2-3-13(12(15)9-11)16-14(17)8-10-4-6-19-7-5-10/h2-3,9-10H,4-8,15H2,1H3,(H,16,17). The highest BCUT2D eigenvalue weighted by Crippen LogP contribution is 2.27. The number of methoxy groups -OCH3 is 1. The van der Waals surface area contributed by atoms with E-state index < -0.39 is 0 Å². The molecule has 19 heavy (non-hydrogen) atoms. The molecule has 1 aliphatic heterocycles. The van der Waals surface area contributed by atoms with Crippen LogP contribution < -0.4 is 15.8 Å². The number of thioether (sulfide) groups is 1. The number of amides is 1. The number of nitrogens with two attached hydrogens (primary N) is 1. The molecule has 1 heterocycles. The number of carbonyl (C=O) groups is 1. The van der Waals surface area contributed by atoms with Gasteiger partial charge in [0.1, 0.15) is 5.75 Å². The molecule has 2 rings (SSSR count). The van der Waals surface area contributed by atoms with Crippen molar-refractivity contribution in [2.45, 2.75) is 19.3 Å². The summed E-state index contributed by atoms with van der Waals surface area (Å²) >= 11 is 1.97. The molecule has 1 aromatic rings. The number of rotatable bonds is 4. The first-order valence-electron chi connectivity index (χ1n) is 6.50. The minimum absolute atomic E-state index is 0.0498. The molecule has 104 valence electrons. The summed E-state index contributed by atoms with van der Waals surface area (Å²) < 4.78 is 5.08. The fraction of sp³-hybridized carbons (Fsp3) is 0.500. The van der Waals surface area contributed by atoms with Crippen LogP contribution in [0.5, 0.6) is 5.75 Å². The maximum Gasteiger partial charge on any atom is 0.224 e. The van der Waals surface area contributed by atoms with Crippen molar-refractivity contribution in [2.75, 3.05) is 29.7 Å². The normalized spacial score (nSPS) is 16.1. The van der Waals surface area contributed by atoms with Gasteiger partial charge >= 0.3 is 0 Å². The van der Waals surface area contributed by atoms with E-state index in [-0.39, 0.29) is 5.91 Å². The number of nitrogen functional groups attached to an aromatic ring is 1. The third-order valence-corrected chi connectivity index (χ3v) is 4.40. The van der Waals surface area contributed by atoms with Crippen LogP contribution >= 0.6 is 11.8 Å². The summed E-state index contributed by atoms with van der Waals surface area (Å²) in [7, 11) is 1.59. The number of anilines is 2. The highest BCUT2D eigenvalue weighted by atomic mass is 32.2. The van der Waals surface area contributed by atoms with Crippen LogP contribution in [0.25, 0.3) is 0 Å². The van der Waals surface area contributed by atoms with Crippen LogP contribution in [0.15, 0.2) is 18.2 Å². The second-order valence-corrected chi connectivity index (χ2v) is 5.99. The van der Waals surface area contributed by atoms with Gasteiger partial charge in [-0.05, 0) is 42.4 Å². The topological polar surface area (TPSA) is 64.3 Å². The molecule has 0 atom stereocenters. The molecule has 3 N–H and O–H groups in total. The van der Waals surface area contributed by atoms with Gasteiger partial charge in [0.15, 0.2) is 0 Å². The molecule has 1 fully saturated rings. The molecule has 1 aromatic carbocycles. The van der Waals surface area contributed by atoms with Gasteiger partial charge in [-0.1, -0.05) is 0 Å². The summed E-state index contributed by atoms with van der Waals surface area (Å²) in [6.07, 6.45) is 2.86. The maximum absolute atomic E-state index is 12.0. The van der Waals surface area contributed by atoms with Crippen LogP contribution in [0.2, 0.25) is 0 Å². The smallest absolute Gasteiger partial charge is 0.224 e. The van der Waals surface area contributed by atoms with Crippen LogP contribution in [0.3, 0.4) is 0 Å². The van der Waals surface area contributed by atoms with Gasteiger partial charge < -0.3 is 15.8 Å². The zero-order chi connectivity index (χ0) is 13.7.